The van der Waals surface area contributed by atoms with Crippen LogP contribution in [-0.4, -0.2) is 29.4 Å². The lowest BCUT2D eigenvalue weighted by Crippen LogP contribution is -2.36. The maximum atomic E-state index is 12.5. The maximum absolute atomic E-state index is 12.5. The van der Waals surface area contributed by atoms with Gasteiger partial charge in [0.05, 0.1) is 9.79 Å². The molecule has 1 aromatic carbocycles. The van der Waals surface area contributed by atoms with Gasteiger partial charge in [0.2, 0.25) is 20.0 Å². The molecule has 2 N–H and O–H groups in total. The van der Waals surface area contributed by atoms with Gasteiger partial charge >= 0.3 is 0 Å². The predicted octanol–water partition coefficient (Wildman–Crippen LogP) is 2.85. The normalized spacial score (nSPS) is 19.0. The molecule has 6 nitrogen and oxygen atoms in total. The highest BCUT2D eigenvalue weighted by Crippen LogP contribution is 2.21. The van der Waals surface area contributed by atoms with E-state index in [9.17, 15) is 16.8 Å². The van der Waals surface area contributed by atoms with E-state index in [2.05, 4.69) is 9.44 Å². The molecule has 27 heavy (non-hydrogen) atoms. The van der Waals surface area contributed by atoms with Crippen molar-refractivity contribution in [1.82, 2.24) is 9.44 Å². The van der Waals surface area contributed by atoms with E-state index >= 15 is 0 Å². The van der Waals surface area contributed by atoms with Crippen LogP contribution in [0.25, 0.3) is 0 Å². The first kappa shape index (κ1) is 20.3. The minimum Gasteiger partial charge on any atom is -0.208 e. The fraction of sp³-hybridized carbons (Fsp3) is 0.474. The van der Waals surface area contributed by atoms with Crippen molar-refractivity contribution in [2.24, 2.45) is 0 Å². The molecule has 0 spiro atoms. The topological polar surface area (TPSA) is 92.3 Å². The smallest absolute Gasteiger partial charge is 0.208 e. The molecule has 0 radical (unpaired) electrons. The summed E-state index contributed by atoms with van der Waals surface area (Å²) >= 11 is 0. The molecule has 2 aliphatic carbocycles. The van der Waals surface area contributed by atoms with Crippen molar-refractivity contribution in [2.45, 2.75) is 60.8 Å². The van der Waals surface area contributed by atoms with Gasteiger partial charge in [-0.1, -0.05) is 43.1 Å². The molecule has 0 atom stereocenters. The second-order valence-electron chi connectivity index (χ2n) is 7.04. The van der Waals surface area contributed by atoms with E-state index in [1.807, 2.05) is 18.2 Å². The lowest BCUT2D eigenvalue weighted by Gasteiger charge is -2.22. The molecule has 0 unspecified atom stereocenters. The number of rotatable bonds is 7. The zero-order valence-corrected chi connectivity index (χ0v) is 16.9. The Morgan fingerprint density at radius 1 is 0.889 bits per heavy atom. The number of nitrogens with one attached hydrogen (secondary N) is 2. The van der Waals surface area contributed by atoms with Gasteiger partial charge in [-0.3, -0.25) is 0 Å². The molecule has 0 aromatic heterocycles. The molecule has 148 valence electrons. The quantitative estimate of drug-likeness (QED) is 0.723. The van der Waals surface area contributed by atoms with E-state index in [4.69, 9.17) is 0 Å². The monoisotopic (exact) mass is 410 g/mol. The van der Waals surface area contributed by atoms with Crippen molar-refractivity contribution in [3.05, 3.63) is 48.1 Å². The summed E-state index contributed by atoms with van der Waals surface area (Å²) in [5.74, 6) is 0. The first-order chi connectivity index (χ1) is 12.9. The number of allylic oxidation sites excluding steroid dienone is 3. The van der Waals surface area contributed by atoms with Crippen LogP contribution in [0.2, 0.25) is 0 Å². The fourth-order valence-electron chi connectivity index (χ4n) is 3.38. The van der Waals surface area contributed by atoms with Crippen LogP contribution >= 0.6 is 0 Å². The SMILES string of the molecule is O=S(=O)(NCC1=CC=CCC1)c1ccc(S(=O)(=O)NC2CCCCC2)cc1. The minimum absolute atomic E-state index is 0.0355. The van der Waals surface area contributed by atoms with Crippen molar-refractivity contribution in [2.75, 3.05) is 6.54 Å². The summed E-state index contributed by atoms with van der Waals surface area (Å²) in [6.07, 6.45) is 12.5. The average molecular weight is 411 g/mol. The predicted molar refractivity (Wildman–Crippen MR) is 105 cm³/mol. The summed E-state index contributed by atoms with van der Waals surface area (Å²) in [6.45, 7) is 0.260. The molecule has 0 bridgehead atoms. The highest BCUT2D eigenvalue weighted by Gasteiger charge is 2.23. The molecule has 3 rings (SSSR count). The van der Waals surface area contributed by atoms with Gasteiger partial charge in [0, 0.05) is 12.6 Å². The van der Waals surface area contributed by atoms with Crippen LogP contribution < -0.4 is 9.44 Å². The molecular formula is C19H26N2O4S2. The van der Waals surface area contributed by atoms with Gasteiger partial charge < -0.3 is 0 Å². The molecule has 0 saturated heterocycles. The van der Waals surface area contributed by atoms with E-state index < -0.39 is 20.0 Å². The molecule has 1 saturated carbocycles. The van der Waals surface area contributed by atoms with E-state index in [-0.39, 0.29) is 22.4 Å². The number of benzene rings is 1. The van der Waals surface area contributed by atoms with E-state index in [1.54, 1.807) is 0 Å². The van der Waals surface area contributed by atoms with Gasteiger partial charge in [0.1, 0.15) is 0 Å². The third-order valence-electron chi connectivity index (χ3n) is 4.96. The van der Waals surface area contributed by atoms with Crippen LogP contribution in [0.1, 0.15) is 44.9 Å². The molecule has 1 aromatic rings. The third kappa shape index (κ3) is 5.51. The zero-order valence-electron chi connectivity index (χ0n) is 15.2. The fourth-order valence-corrected chi connectivity index (χ4v) is 5.72. The van der Waals surface area contributed by atoms with Crippen LogP contribution in [0.3, 0.4) is 0 Å². The Kier molecular flexibility index (Phi) is 6.52. The highest BCUT2D eigenvalue weighted by molar-refractivity contribution is 7.90. The molecular weight excluding hydrogens is 384 g/mol. The van der Waals surface area contributed by atoms with Gasteiger partial charge in [0.25, 0.3) is 0 Å². The number of hydrogen-bond acceptors (Lipinski definition) is 4. The first-order valence-electron chi connectivity index (χ1n) is 9.33. The van der Waals surface area contributed by atoms with Crippen LogP contribution in [0, 0.1) is 0 Å². The summed E-state index contributed by atoms with van der Waals surface area (Å²) in [7, 11) is -7.31. The van der Waals surface area contributed by atoms with Gasteiger partial charge in [-0.05, 0) is 49.9 Å². The van der Waals surface area contributed by atoms with Crippen LogP contribution in [0.15, 0.2) is 57.9 Å². The van der Waals surface area contributed by atoms with Crippen LogP contribution in [0.5, 0.6) is 0 Å². The molecule has 1 fully saturated rings. The Bertz CT molecular complexity index is 911. The van der Waals surface area contributed by atoms with Gasteiger partial charge in [-0.15, -0.1) is 0 Å². The Labute approximate surface area is 161 Å². The number of sulfonamides is 2. The Hall–Kier alpha value is -1.48. The Morgan fingerprint density at radius 3 is 2.11 bits per heavy atom. The summed E-state index contributed by atoms with van der Waals surface area (Å²) in [5, 5.41) is 0. The van der Waals surface area contributed by atoms with Crippen molar-refractivity contribution < 1.29 is 16.8 Å². The lowest BCUT2D eigenvalue weighted by molar-refractivity contribution is 0.412. The van der Waals surface area contributed by atoms with Gasteiger partial charge in [0.15, 0.2) is 0 Å². The first-order valence-corrected chi connectivity index (χ1v) is 12.3. The van der Waals surface area contributed by atoms with Gasteiger partial charge in [-0.2, -0.15) is 0 Å². The minimum atomic E-state index is -3.68. The third-order valence-corrected chi connectivity index (χ3v) is 7.91. The standard InChI is InChI=1S/C19H26N2O4S2/c22-26(23,20-15-16-7-3-1-4-8-16)18-11-13-19(14-12-18)27(24,25)21-17-9-5-2-6-10-17/h1,3,7,11-14,17,20-21H,2,4-6,8-10,15H2. The van der Waals surface area contributed by atoms with Gasteiger partial charge in [-0.25, -0.2) is 26.3 Å². The molecule has 0 heterocycles. The van der Waals surface area contributed by atoms with Crippen LogP contribution in [-0.2, 0) is 20.0 Å². The number of hydrogen-bond donors (Lipinski definition) is 2. The molecule has 0 amide bonds. The Balaban J connectivity index is 1.66. The highest BCUT2D eigenvalue weighted by atomic mass is 32.2. The molecule has 8 heteroatoms. The Morgan fingerprint density at radius 2 is 1.52 bits per heavy atom. The lowest BCUT2D eigenvalue weighted by atomic mass is 9.96. The van der Waals surface area contributed by atoms with Crippen molar-refractivity contribution in [3.63, 3.8) is 0 Å². The molecule has 2 aliphatic rings. The molecule has 0 aliphatic heterocycles. The second-order valence-corrected chi connectivity index (χ2v) is 10.5. The van der Waals surface area contributed by atoms with Crippen molar-refractivity contribution >= 4 is 20.0 Å². The largest absolute Gasteiger partial charge is 0.240 e. The zero-order chi connectivity index (χ0) is 19.3. The van der Waals surface area contributed by atoms with Crippen molar-refractivity contribution in [1.29, 1.82) is 0 Å². The summed E-state index contributed by atoms with van der Waals surface area (Å²) < 4.78 is 55.2. The summed E-state index contributed by atoms with van der Waals surface area (Å²) in [6, 6.07) is 5.34. The summed E-state index contributed by atoms with van der Waals surface area (Å²) in [4.78, 5) is 0.151. The van der Waals surface area contributed by atoms with Crippen LogP contribution in [0.4, 0.5) is 0 Å². The van der Waals surface area contributed by atoms with Crippen molar-refractivity contribution in [3.8, 4) is 0 Å². The second kappa shape index (κ2) is 8.68. The average Bonchev–Trinajstić information content (AvgIpc) is 2.68. The van der Waals surface area contributed by atoms with E-state index in [1.165, 1.54) is 24.3 Å². The summed E-state index contributed by atoms with van der Waals surface area (Å²) in [5.41, 5.74) is 1.02. The van der Waals surface area contributed by atoms with E-state index in [0.717, 1.165) is 50.5 Å². The maximum Gasteiger partial charge on any atom is 0.240 e. The van der Waals surface area contributed by atoms with E-state index in [0.29, 0.717) is 0 Å².